The molecule has 0 saturated heterocycles. The SMILES string of the molecule is CCCc1c(N)ncnc1N(C)C1CCCCCC1. The van der Waals surface area contributed by atoms with Crippen LogP contribution in [0.2, 0.25) is 0 Å². The lowest BCUT2D eigenvalue weighted by Gasteiger charge is -2.30. The molecule has 0 bridgehead atoms. The molecular formula is C15H26N4. The highest BCUT2D eigenvalue weighted by molar-refractivity contribution is 5.56. The fraction of sp³-hybridized carbons (Fsp3) is 0.733. The number of rotatable bonds is 4. The third kappa shape index (κ3) is 3.37. The molecule has 1 aliphatic rings. The Kier molecular flexibility index (Phi) is 5.00. The first-order valence-corrected chi connectivity index (χ1v) is 7.56. The molecule has 1 aliphatic carbocycles. The molecule has 1 fully saturated rings. The van der Waals surface area contributed by atoms with Gasteiger partial charge in [0.1, 0.15) is 18.0 Å². The topological polar surface area (TPSA) is 55.0 Å². The van der Waals surface area contributed by atoms with E-state index in [0.717, 1.165) is 24.2 Å². The van der Waals surface area contributed by atoms with Gasteiger partial charge in [-0.15, -0.1) is 0 Å². The smallest absolute Gasteiger partial charge is 0.137 e. The van der Waals surface area contributed by atoms with Crippen molar-refractivity contribution in [1.82, 2.24) is 9.97 Å². The van der Waals surface area contributed by atoms with E-state index in [1.54, 1.807) is 6.33 Å². The molecule has 1 heterocycles. The summed E-state index contributed by atoms with van der Waals surface area (Å²) in [5, 5.41) is 0. The highest BCUT2D eigenvalue weighted by Crippen LogP contribution is 2.28. The van der Waals surface area contributed by atoms with Crippen LogP contribution in [-0.2, 0) is 6.42 Å². The molecule has 106 valence electrons. The molecule has 0 aromatic carbocycles. The molecule has 0 amide bonds. The summed E-state index contributed by atoms with van der Waals surface area (Å²) in [4.78, 5) is 11.0. The molecule has 19 heavy (non-hydrogen) atoms. The van der Waals surface area contributed by atoms with Gasteiger partial charge in [-0.25, -0.2) is 9.97 Å². The van der Waals surface area contributed by atoms with Gasteiger partial charge in [0.25, 0.3) is 0 Å². The first-order chi connectivity index (χ1) is 9.24. The Morgan fingerprint density at radius 3 is 2.53 bits per heavy atom. The van der Waals surface area contributed by atoms with Crippen molar-refractivity contribution >= 4 is 11.6 Å². The maximum absolute atomic E-state index is 6.03. The number of nitrogen functional groups attached to an aromatic ring is 1. The molecule has 1 aromatic rings. The van der Waals surface area contributed by atoms with Crippen LogP contribution in [0.25, 0.3) is 0 Å². The zero-order valence-corrected chi connectivity index (χ0v) is 12.2. The third-order valence-electron chi connectivity index (χ3n) is 4.16. The fourth-order valence-electron chi connectivity index (χ4n) is 3.03. The van der Waals surface area contributed by atoms with Gasteiger partial charge < -0.3 is 10.6 Å². The van der Waals surface area contributed by atoms with Gasteiger partial charge in [0.05, 0.1) is 0 Å². The summed E-state index contributed by atoms with van der Waals surface area (Å²) >= 11 is 0. The van der Waals surface area contributed by atoms with Crippen molar-refractivity contribution in [3.63, 3.8) is 0 Å². The maximum Gasteiger partial charge on any atom is 0.137 e. The van der Waals surface area contributed by atoms with Crippen LogP contribution >= 0.6 is 0 Å². The lowest BCUT2D eigenvalue weighted by molar-refractivity contribution is 0.547. The van der Waals surface area contributed by atoms with Crippen molar-refractivity contribution in [2.75, 3.05) is 17.7 Å². The van der Waals surface area contributed by atoms with Crippen LogP contribution in [0.5, 0.6) is 0 Å². The molecule has 1 saturated carbocycles. The van der Waals surface area contributed by atoms with Crippen LogP contribution in [0, 0.1) is 0 Å². The molecule has 1 aromatic heterocycles. The summed E-state index contributed by atoms with van der Waals surface area (Å²) in [5.74, 6) is 1.69. The van der Waals surface area contributed by atoms with Gasteiger partial charge in [0.15, 0.2) is 0 Å². The number of hydrogen-bond donors (Lipinski definition) is 1. The minimum atomic E-state index is 0.604. The normalized spacial score (nSPS) is 17.2. The summed E-state index contributed by atoms with van der Waals surface area (Å²) in [6.07, 6.45) is 11.6. The number of hydrogen-bond acceptors (Lipinski definition) is 4. The van der Waals surface area contributed by atoms with E-state index in [2.05, 4.69) is 28.8 Å². The fourth-order valence-corrected chi connectivity index (χ4v) is 3.03. The van der Waals surface area contributed by atoms with Crippen molar-refractivity contribution in [3.8, 4) is 0 Å². The maximum atomic E-state index is 6.03. The van der Waals surface area contributed by atoms with Gasteiger partial charge >= 0.3 is 0 Å². The lowest BCUT2D eigenvalue weighted by Crippen LogP contribution is -2.33. The number of nitrogens with zero attached hydrogens (tertiary/aromatic N) is 3. The lowest BCUT2D eigenvalue weighted by atomic mass is 10.1. The van der Waals surface area contributed by atoms with Crippen molar-refractivity contribution in [2.24, 2.45) is 0 Å². The van der Waals surface area contributed by atoms with Gasteiger partial charge in [-0.1, -0.05) is 39.0 Å². The molecule has 0 atom stereocenters. The standard InChI is InChI=1S/C15H26N4/c1-3-8-13-14(16)17-11-18-15(13)19(2)12-9-6-4-5-7-10-12/h11-12H,3-10H2,1-2H3,(H2,16,17,18). The highest BCUT2D eigenvalue weighted by Gasteiger charge is 2.21. The second-order valence-corrected chi connectivity index (χ2v) is 5.57. The number of aromatic nitrogens is 2. The van der Waals surface area contributed by atoms with E-state index < -0.39 is 0 Å². The predicted octanol–water partition coefficient (Wildman–Crippen LogP) is 3.17. The van der Waals surface area contributed by atoms with Crippen molar-refractivity contribution in [2.45, 2.75) is 64.3 Å². The highest BCUT2D eigenvalue weighted by atomic mass is 15.2. The summed E-state index contributed by atoms with van der Waals surface area (Å²) < 4.78 is 0. The Balaban J connectivity index is 2.21. The largest absolute Gasteiger partial charge is 0.383 e. The molecular weight excluding hydrogens is 236 g/mol. The van der Waals surface area contributed by atoms with Crippen molar-refractivity contribution < 1.29 is 0 Å². The number of anilines is 2. The van der Waals surface area contributed by atoms with Crippen LogP contribution < -0.4 is 10.6 Å². The van der Waals surface area contributed by atoms with Crippen LogP contribution in [-0.4, -0.2) is 23.1 Å². The summed E-state index contributed by atoms with van der Waals surface area (Å²) in [6, 6.07) is 0.604. The Bertz CT molecular complexity index is 397. The second-order valence-electron chi connectivity index (χ2n) is 5.57. The third-order valence-corrected chi connectivity index (χ3v) is 4.16. The van der Waals surface area contributed by atoms with E-state index in [0.29, 0.717) is 11.9 Å². The summed E-state index contributed by atoms with van der Waals surface area (Å²) in [6.45, 7) is 2.17. The first kappa shape index (κ1) is 14.1. The van der Waals surface area contributed by atoms with Crippen LogP contribution in [0.15, 0.2) is 6.33 Å². The van der Waals surface area contributed by atoms with Gasteiger partial charge in [-0.05, 0) is 19.3 Å². The molecule has 0 spiro atoms. The zero-order valence-electron chi connectivity index (χ0n) is 12.2. The Morgan fingerprint density at radius 2 is 1.89 bits per heavy atom. The van der Waals surface area contributed by atoms with Gasteiger partial charge in [-0.2, -0.15) is 0 Å². The summed E-state index contributed by atoms with van der Waals surface area (Å²) in [7, 11) is 2.16. The van der Waals surface area contributed by atoms with Crippen LogP contribution in [0.4, 0.5) is 11.6 Å². The quantitative estimate of drug-likeness (QED) is 0.847. The minimum absolute atomic E-state index is 0.604. The molecule has 2 N–H and O–H groups in total. The van der Waals surface area contributed by atoms with E-state index in [1.807, 2.05) is 0 Å². The molecule has 0 radical (unpaired) electrons. The van der Waals surface area contributed by atoms with E-state index in [9.17, 15) is 0 Å². The Hall–Kier alpha value is -1.32. The minimum Gasteiger partial charge on any atom is -0.383 e. The monoisotopic (exact) mass is 262 g/mol. The molecule has 0 aliphatic heterocycles. The molecule has 4 nitrogen and oxygen atoms in total. The van der Waals surface area contributed by atoms with Crippen molar-refractivity contribution in [3.05, 3.63) is 11.9 Å². The van der Waals surface area contributed by atoms with Gasteiger partial charge in [-0.3, -0.25) is 0 Å². The average Bonchev–Trinajstić information content (AvgIpc) is 2.69. The van der Waals surface area contributed by atoms with Crippen molar-refractivity contribution in [1.29, 1.82) is 0 Å². The first-order valence-electron chi connectivity index (χ1n) is 7.56. The molecule has 2 rings (SSSR count). The van der Waals surface area contributed by atoms with Gasteiger partial charge in [0.2, 0.25) is 0 Å². The van der Waals surface area contributed by atoms with E-state index >= 15 is 0 Å². The van der Waals surface area contributed by atoms with E-state index in [1.165, 1.54) is 38.5 Å². The molecule has 0 unspecified atom stereocenters. The average molecular weight is 262 g/mol. The molecule has 4 heteroatoms. The van der Waals surface area contributed by atoms with Crippen LogP contribution in [0.1, 0.15) is 57.4 Å². The zero-order chi connectivity index (χ0) is 13.7. The second kappa shape index (κ2) is 6.73. The predicted molar refractivity (Wildman–Crippen MR) is 80.3 cm³/mol. The summed E-state index contributed by atoms with van der Waals surface area (Å²) in [5.41, 5.74) is 7.15. The van der Waals surface area contributed by atoms with E-state index in [4.69, 9.17) is 5.73 Å². The van der Waals surface area contributed by atoms with Crippen LogP contribution in [0.3, 0.4) is 0 Å². The van der Waals surface area contributed by atoms with E-state index in [-0.39, 0.29) is 0 Å². The Morgan fingerprint density at radius 1 is 1.21 bits per heavy atom. The Labute approximate surface area is 116 Å². The number of nitrogens with two attached hydrogens (primary N) is 1. The van der Waals surface area contributed by atoms with Gasteiger partial charge in [0, 0.05) is 18.7 Å².